The molecule has 0 radical (unpaired) electrons. The Morgan fingerprint density at radius 2 is 1.95 bits per heavy atom. The Morgan fingerprint density at radius 1 is 1.33 bits per heavy atom. The van der Waals surface area contributed by atoms with Crippen LogP contribution >= 0.6 is 0 Å². The number of rotatable bonds is 4. The van der Waals surface area contributed by atoms with Gasteiger partial charge in [0.1, 0.15) is 0 Å². The second-order valence-corrected chi connectivity index (χ2v) is 7.82. The minimum atomic E-state index is -3.45. The normalized spacial score (nSPS) is 24.7. The van der Waals surface area contributed by atoms with Crippen molar-refractivity contribution in [3.63, 3.8) is 0 Å². The highest BCUT2D eigenvalue weighted by molar-refractivity contribution is 7.89. The number of hydrogen-bond donors (Lipinski definition) is 0. The number of hydrogen-bond acceptors (Lipinski definition) is 3. The molecule has 114 valence electrons. The van der Waals surface area contributed by atoms with Crippen molar-refractivity contribution in [2.24, 2.45) is 17.8 Å². The summed E-state index contributed by atoms with van der Waals surface area (Å²) in [5.74, 6) is 0.272. The molecule has 1 aliphatic heterocycles. The van der Waals surface area contributed by atoms with E-state index in [1.54, 1.807) is 16.4 Å². The quantitative estimate of drug-likeness (QED) is 0.859. The van der Waals surface area contributed by atoms with Crippen molar-refractivity contribution < 1.29 is 8.42 Å². The molecule has 1 fully saturated rings. The third-order valence-electron chi connectivity index (χ3n) is 4.49. The van der Waals surface area contributed by atoms with Gasteiger partial charge in [0.2, 0.25) is 10.0 Å². The molecule has 0 saturated carbocycles. The Bertz CT molecular complexity index is 631. The van der Waals surface area contributed by atoms with Gasteiger partial charge in [-0.2, -0.15) is 9.57 Å². The summed E-state index contributed by atoms with van der Waals surface area (Å²) >= 11 is 0. The predicted octanol–water partition coefficient (Wildman–Crippen LogP) is 2.80. The molecule has 1 aromatic carbocycles. The first-order chi connectivity index (χ1) is 9.90. The number of sulfonamides is 1. The van der Waals surface area contributed by atoms with Crippen molar-refractivity contribution in [3.8, 4) is 6.07 Å². The SMILES string of the molecule is CC[C@H]1CN(S(=O)(=O)c2ccc(C)cc2)C[C@H]1[C@H](C)C#N. The Labute approximate surface area is 127 Å². The lowest BCUT2D eigenvalue weighted by atomic mass is 9.84. The van der Waals surface area contributed by atoms with Gasteiger partial charge in [-0.3, -0.25) is 0 Å². The van der Waals surface area contributed by atoms with Crippen LogP contribution < -0.4 is 0 Å². The minimum absolute atomic E-state index is 0.117. The zero-order valence-electron chi connectivity index (χ0n) is 12.8. The number of nitrogens with zero attached hydrogens (tertiary/aromatic N) is 2. The van der Waals surface area contributed by atoms with Crippen LogP contribution in [0.5, 0.6) is 0 Å². The molecule has 21 heavy (non-hydrogen) atoms. The second-order valence-electron chi connectivity index (χ2n) is 5.89. The smallest absolute Gasteiger partial charge is 0.207 e. The van der Waals surface area contributed by atoms with Crippen molar-refractivity contribution in [1.29, 1.82) is 5.26 Å². The molecular weight excluding hydrogens is 284 g/mol. The van der Waals surface area contributed by atoms with Crippen LogP contribution in [0, 0.1) is 36.0 Å². The molecule has 0 unspecified atom stereocenters. The highest BCUT2D eigenvalue weighted by Crippen LogP contribution is 2.34. The van der Waals surface area contributed by atoms with Gasteiger partial charge in [0.25, 0.3) is 0 Å². The van der Waals surface area contributed by atoms with Crippen LogP contribution in [-0.4, -0.2) is 25.8 Å². The van der Waals surface area contributed by atoms with E-state index in [9.17, 15) is 8.42 Å². The minimum Gasteiger partial charge on any atom is -0.207 e. The first kappa shape index (κ1) is 16.0. The van der Waals surface area contributed by atoms with Gasteiger partial charge in [0, 0.05) is 19.0 Å². The zero-order valence-corrected chi connectivity index (χ0v) is 13.6. The Hall–Kier alpha value is -1.38. The van der Waals surface area contributed by atoms with Gasteiger partial charge in [-0.15, -0.1) is 0 Å². The van der Waals surface area contributed by atoms with Gasteiger partial charge in [0.05, 0.1) is 11.0 Å². The van der Waals surface area contributed by atoms with Gasteiger partial charge < -0.3 is 0 Å². The lowest BCUT2D eigenvalue weighted by Crippen LogP contribution is -2.29. The third kappa shape index (κ3) is 3.12. The fourth-order valence-corrected chi connectivity index (χ4v) is 4.54. The molecule has 3 atom stereocenters. The molecule has 4 nitrogen and oxygen atoms in total. The average molecular weight is 306 g/mol. The highest BCUT2D eigenvalue weighted by atomic mass is 32.2. The second kappa shape index (κ2) is 6.17. The van der Waals surface area contributed by atoms with E-state index in [4.69, 9.17) is 5.26 Å². The van der Waals surface area contributed by atoms with E-state index in [2.05, 4.69) is 13.0 Å². The summed E-state index contributed by atoms with van der Waals surface area (Å²) in [5.41, 5.74) is 1.04. The summed E-state index contributed by atoms with van der Waals surface area (Å²) in [6.45, 7) is 6.84. The van der Waals surface area contributed by atoms with Gasteiger partial charge in [-0.25, -0.2) is 8.42 Å². The van der Waals surface area contributed by atoms with Crippen molar-refractivity contribution in [1.82, 2.24) is 4.31 Å². The summed E-state index contributed by atoms with van der Waals surface area (Å²) in [6, 6.07) is 9.22. The van der Waals surface area contributed by atoms with Gasteiger partial charge >= 0.3 is 0 Å². The van der Waals surface area contributed by atoms with E-state index in [0.717, 1.165) is 12.0 Å². The topological polar surface area (TPSA) is 61.2 Å². The summed E-state index contributed by atoms with van der Waals surface area (Å²) in [7, 11) is -3.45. The maximum absolute atomic E-state index is 12.7. The fraction of sp³-hybridized carbons (Fsp3) is 0.562. The van der Waals surface area contributed by atoms with Crippen molar-refractivity contribution in [3.05, 3.63) is 29.8 Å². The van der Waals surface area contributed by atoms with Gasteiger partial charge in [-0.05, 0) is 37.8 Å². The van der Waals surface area contributed by atoms with Gasteiger partial charge in [-0.1, -0.05) is 31.0 Å². The van der Waals surface area contributed by atoms with E-state index in [1.165, 1.54) is 0 Å². The largest absolute Gasteiger partial charge is 0.243 e. The molecule has 0 amide bonds. The molecule has 0 aromatic heterocycles. The van der Waals surface area contributed by atoms with E-state index >= 15 is 0 Å². The van der Waals surface area contributed by atoms with Crippen molar-refractivity contribution in [2.45, 2.75) is 32.1 Å². The fourth-order valence-electron chi connectivity index (χ4n) is 3.01. The highest BCUT2D eigenvalue weighted by Gasteiger charge is 2.40. The van der Waals surface area contributed by atoms with Crippen LogP contribution in [0.4, 0.5) is 0 Å². The van der Waals surface area contributed by atoms with E-state index in [0.29, 0.717) is 18.0 Å². The van der Waals surface area contributed by atoms with Crippen LogP contribution in [0.15, 0.2) is 29.2 Å². The first-order valence-corrected chi connectivity index (χ1v) is 8.80. The molecule has 1 aliphatic rings. The Balaban J connectivity index is 2.26. The van der Waals surface area contributed by atoms with Crippen LogP contribution in [0.1, 0.15) is 25.8 Å². The predicted molar refractivity (Wildman–Crippen MR) is 82.0 cm³/mol. The molecule has 1 heterocycles. The average Bonchev–Trinajstić information content (AvgIpc) is 2.92. The first-order valence-electron chi connectivity index (χ1n) is 7.36. The zero-order chi connectivity index (χ0) is 15.6. The monoisotopic (exact) mass is 306 g/mol. The van der Waals surface area contributed by atoms with Crippen LogP contribution in [-0.2, 0) is 10.0 Å². The summed E-state index contributed by atoms with van der Waals surface area (Å²) in [4.78, 5) is 0.341. The molecule has 0 N–H and O–H groups in total. The van der Waals surface area contributed by atoms with E-state index < -0.39 is 10.0 Å². The summed E-state index contributed by atoms with van der Waals surface area (Å²) < 4.78 is 27.0. The van der Waals surface area contributed by atoms with Crippen molar-refractivity contribution in [2.75, 3.05) is 13.1 Å². The number of aryl methyl sites for hydroxylation is 1. The molecule has 0 spiro atoms. The molecule has 2 rings (SSSR count). The molecular formula is C16H22N2O2S. The lowest BCUT2D eigenvalue weighted by molar-refractivity contribution is 0.343. The van der Waals surface area contributed by atoms with Gasteiger partial charge in [0.15, 0.2) is 0 Å². The molecule has 5 heteroatoms. The Morgan fingerprint density at radius 3 is 2.48 bits per heavy atom. The molecule has 0 bridgehead atoms. The van der Waals surface area contributed by atoms with E-state index in [1.807, 2.05) is 26.0 Å². The van der Waals surface area contributed by atoms with Crippen LogP contribution in [0.25, 0.3) is 0 Å². The number of benzene rings is 1. The molecule has 1 saturated heterocycles. The number of nitriles is 1. The van der Waals surface area contributed by atoms with E-state index in [-0.39, 0.29) is 17.8 Å². The molecule has 0 aliphatic carbocycles. The maximum Gasteiger partial charge on any atom is 0.243 e. The Kier molecular flexibility index (Phi) is 4.70. The van der Waals surface area contributed by atoms with Crippen molar-refractivity contribution >= 4 is 10.0 Å². The third-order valence-corrected chi connectivity index (χ3v) is 6.33. The van der Waals surface area contributed by atoms with Crippen LogP contribution in [0.3, 0.4) is 0 Å². The summed E-state index contributed by atoms with van der Waals surface area (Å²) in [5, 5.41) is 9.13. The summed E-state index contributed by atoms with van der Waals surface area (Å²) in [6.07, 6.45) is 0.899. The maximum atomic E-state index is 12.7. The standard InChI is InChI=1S/C16H22N2O2S/c1-4-14-10-18(11-16(14)13(3)9-17)21(19,20)15-7-5-12(2)6-8-15/h5-8,13-14,16H,4,10-11H2,1-3H3/t13-,14+,16+/m1/s1. The molecule has 1 aromatic rings. The lowest BCUT2D eigenvalue weighted by Gasteiger charge is -2.18. The van der Waals surface area contributed by atoms with Crippen LogP contribution in [0.2, 0.25) is 0 Å².